The third kappa shape index (κ3) is 7.68. The van der Waals surface area contributed by atoms with Crippen LogP contribution in [0.2, 0.25) is 0 Å². The Morgan fingerprint density at radius 1 is 1.03 bits per heavy atom. The fraction of sp³-hybridized carbons (Fsp3) is 0.350. The topological polar surface area (TPSA) is 84.5 Å². The Morgan fingerprint density at radius 2 is 1.70 bits per heavy atom. The predicted octanol–water partition coefficient (Wildman–Crippen LogP) is 3.23. The molecule has 0 atom stereocenters. The molecule has 0 aliphatic heterocycles. The predicted molar refractivity (Wildman–Crippen MR) is 106 cm³/mol. The van der Waals surface area contributed by atoms with Gasteiger partial charge in [-0.05, 0) is 54.8 Å². The van der Waals surface area contributed by atoms with Gasteiger partial charge in [0, 0.05) is 19.5 Å². The van der Waals surface area contributed by atoms with E-state index in [1.807, 2.05) is 13.8 Å². The Hall–Kier alpha value is -2.59. The lowest BCUT2D eigenvalue weighted by Gasteiger charge is -2.10. The zero-order valence-electron chi connectivity index (χ0n) is 16.5. The first kappa shape index (κ1) is 23.7. The van der Waals surface area contributed by atoms with Gasteiger partial charge in [-0.2, -0.15) is 13.2 Å². The molecule has 2 rings (SSSR count). The molecular formula is C20H23F3N2O4S. The molecule has 0 spiro atoms. The van der Waals surface area contributed by atoms with Crippen LogP contribution in [0.15, 0.2) is 47.4 Å². The molecule has 0 radical (unpaired) electrons. The Morgan fingerprint density at radius 3 is 2.30 bits per heavy atom. The first-order valence-electron chi connectivity index (χ1n) is 9.08. The van der Waals surface area contributed by atoms with Crippen molar-refractivity contribution in [2.45, 2.75) is 37.9 Å². The van der Waals surface area contributed by atoms with E-state index in [0.29, 0.717) is 5.56 Å². The molecule has 2 aromatic carbocycles. The minimum absolute atomic E-state index is 0.0587. The van der Waals surface area contributed by atoms with Crippen molar-refractivity contribution >= 4 is 15.9 Å². The zero-order valence-corrected chi connectivity index (χ0v) is 17.4. The molecule has 2 N–H and O–H groups in total. The van der Waals surface area contributed by atoms with E-state index < -0.39 is 22.8 Å². The second-order valence-electron chi connectivity index (χ2n) is 6.72. The summed E-state index contributed by atoms with van der Waals surface area (Å²) in [5.41, 5.74) is 2.50. The number of alkyl halides is 3. The van der Waals surface area contributed by atoms with Crippen LogP contribution in [0.3, 0.4) is 0 Å². The number of nitrogens with one attached hydrogen (secondary N) is 2. The molecule has 164 valence electrons. The number of halogens is 3. The maximum atomic E-state index is 12.3. The third-order valence-electron chi connectivity index (χ3n) is 4.25. The van der Waals surface area contributed by atoms with Gasteiger partial charge in [0.25, 0.3) is 0 Å². The maximum absolute atomic E-state index is 12.3. The van der Waals surface area contributed by atoms with E-state index in [4.69, 9.17) is 0 Å². The number of rotatable bonds is 9. The summed E-state index contributed by atoms with van der Waals surface area (Å²) in [5, 5.41) is 2.62. The molecule has 0 fully saturated rings. The van der Waals surface area contributed by atoms with Crippen molar-refractivity contribution < 1.29 is 31.1 Å². The Balaban J connectivity index is 1.76. The number of amides is 1. The molecule has 0 saturated heterocycles. The summed E-state index contributed by atoms with van der Waals surface area (Å²) in [6.45, 7) is 2.41. The van der Waals surface area contributed by atoms with Gasteiger partial charge < -0.3 is 10.1 Å². The van der Waals surface area contributed by atoms with Gasteiger partial charge in [0.05, 0.1) is 4.90 Å². The van der Waals surface area contributed by atoms with Crippen LogP contribution in [0.4, 0.5) is 13.2 Å². The fourth-order valence-corrected chi connectivity index (χ4v) is 3.54. The van der Waals surface area contributed by atoms with Gasteiger partial charge in [0.15, 0.2) is 6.61 Å². The highest BCUT2D eigenvalue weighted by molar-refractivity contribution is 7.89. The molecule has 0 bridgehead atoms. The van der Waals surface area contributed by atoms with E-state index in [2.05, 4.69) is 14.8 Å². The Bertz CT molecular complexity index is 975. The molecule has 0 aromatic heterocycles. The van der Waals surface area contributed by atoms with E-state index in [1.54, 1.807) is 12.1 Å². The number of aryl methyl sites for hydroxylation is 2. The monoisotopic (exact) mass is 444 g/mol. The molecule has 0 unspecified atom stereocenters. The highest BCUT2D eigenvalue weighted by Gasteiger charge is 2.28. The molecule has 10 heteroatoms. The first-order valence-corrected chi connectivity index (χ1v) is 10.6. The van der Waals surface area contributed by atoms with Crippen LogP contribution in [0.25, 0.3) is 0 Å². The quantitative estimate of drug-likeness (QED) is 0.622. The van der Waals surface area contributed by atoms with E-state index in [1.165, 1.54) is 30.3 Å². The van der Waals surface area contributed by atoms with Crippen molar-refractivity contribution in [1.82, 2.24) is 10.0 Å². The standard InChI is InChI=1S/C20H23F3N2O4S/c1-14-3-8-18(11-15(14)2)30(27,28)25-10-9-19(26)24-12-16-4-6-17(7-5-16)29-13-20(21,22)23/h3-8,11,25H,9-10,12-13H2,1-2H3,(H,24,26). The maximum Gasteiger partial charge on any atom is 0.422 e. The summed E-state index contributed by atoms with van der Waals surface area (Å²) in [4.78, 5) is 12.1. The van der Waals surface area contributed by atoms with Crippen molar-refractivity contribution in [3.8, 4) is 5.75 Å². The van der Waals surface area contributed by atoms with Crippen LogP contribution in [0.1, 0.15) is 23.1 Å². The highest BCUT2D eigenvalue weighted by atomic mass is 32.2. The van der Waals surface area contributed by atoms with Gasteiger partial charge in [0.2, 0.25) is 15.9 Å². The molecule has 0 saturated carbocycles. The summed E-state index contributed by atoms with van der Waals surface area (Å²) in [5.74, 6) is -0.293. The molecule has 2 aromatic rings. The van der Waals surface area contributed by atoms with E-state index >= 15 is 0 Å². The molecule has 0 aliphatic carbocycles. The fourth-order valence-electron chi connectivity index (χ4n) is 2.42. The highest BCUT2D eigenvalue weighted by Crippen LogP contribution is 2.19. The first-order chi connectivity index (χ1) is 14.0. The van der Waals surface area contributed by atoms with Crippen molar-refractivity contribution in [3.63, 3.8) is 0 Å². The zero-order chi connectivity index (χ0) is 22.4. The lowest BCUT2D eigenvalue weighted by molar-refractivity contribution is -0.153. The molecule has 1 amide bonds. The summed E-state index contributed by atoms with van der Waals surface area (Å²) in [7, 11) is -3.71. The van der Waals surface area contributed by atoms with Gasteiger partial charge in [-0.15, -0.1) is 0 Å². The van der Waals surface area contributed by atoms with Crippen molar-refractivity contribution in [3.05, 3.63) is 59.2 Å². The smallest absolute Gasteiger partial charge is 0.422 e. The third-order valence-corrected chi connectivity index (χ3v) is 5.71. The van der Waals surface area contributed by atoms with Crippen LogP contribution >= 0.6 is 0 Å². The lowest BCUT2D eigenvalue weighted by Crippen LogP contribution is -2.30. The number of benzene rings is 2. The Kier molecular flexibility index (Phi) is 7.85. The van der Waals surface area contributed by atoms with Crippen molar-refractivity contribution in [1.29, 1.82) is 0 Å². The summed E-state index contributed by atoms with van der Waals surface area (Å²) in [6.07, 6.45) is -4.47. The number of hydrogen-bond donors (Lipinski definition) is 2. The molecule has 30 heavy (non-hydrogen) atoms. The summed E-state index contributed by atoms with van der Waals surface area (Å²) < 4.78 is 67.9. The number of carbonyl (C=O) groups is 1. The van der Waals surface area contributed by atoms with Gasteiger partial charge in [-0.25, -0.2) is 13.1 Å². The van der Waals surface area contributed by atoms with Crippen molar-refractivity contribution in [2.75, 3.05) is 13.2 Å². The number of carbonyl (C=O) groups excluding carboxylic acids is 1. The minimum atomic E-state index is -4.41. The van der Waals surface area contributed by atoms with Crippen LogP contribution in [0, 0.1) is 13.8 Å². The Labute approximate surface area is 173 Å². The minimum Gasteiger partial charge on any atom is -0.484 e. The van der Waals surface area contributed by atoms with Crippen molar-refractivity contribution in [2.24, 2.45) is 0 Å². The van der Waals surface area contributed by atoms with Gasteiger partial charge in [0.1, 0.15) is 5.75 Å². The van der Waals surface area contributed by atoms with Crippen LogP contribution in [-0.2, 0) is 21.4 Å². The number of sulfonamides is 1. The summed E-state index contributed by atoms with van der Waals surface area (Å²) >= 11 is 0. The molecule has 0 heterocycles. The second-order valence-corrected chi connectivity index (χ2v) is 8.49. The van der Waals surface area contributed by atoms with Crippen LogP contribution < -0.4 is 14.8 Å². The molecular weight excluding hydrogens is 421 g/mol. The van der Waals surface area contributed by atoms with Gasteiger partial charge in [-0.1, -0.05) is 18.2 Å². The largest absolute Gasteiger partial charge is 0.484 e. The van der Waals surface area contributed by atoms with Gasteiger partial charge >= 0.3 is 6.18 Å². The van der Waals surface area contributed by atoms with E-state index in [0.717, 1.165) is 11.1 Å². The SMILES string of the molecule is Cc1ccc(S(=O)(=O)NCCC(=O)NCc2ccc(OCC(F)(F)F)cc2)cc1C. The summed E-state index contributed by atoms with van der Waals surface area (Å²) in [6, 6.07) is 10.6. The van der Waals surface area contributed by atoms with E-state index in [9.17, 15) is 26.4 Å². The lowest BCUT2D eigenvalue weighted by atomic mass is 10.1. The van der Waals surface area contributed by atoms with Crippen LogP contribution in [-0.4, -0.2) is 33.7 Å². The molecule has 6 nitrogen and oxygen atoms in total. The second kappa shape index (κ2) is 9.94. The van der Waals surface area contributed by atoms with Gasteiger partial charge in [-0.3, -0.25) is 4.79 Å². The van der Waals surface area contributed by atoms with Crippen LogP contribution in [0.5, 0.6) is 5.75 Å². The average molecular weight is 444 g/mol. The number of ether oxygens (including phenoxy) is 1. The average Bonchev–Trinajstić information content (AvgIpc) is 2.67. The number of hydrogen-bond acceptors (Lipinski definition) is 4. The molecule has 0 aliphatic rings. The normalized spacial score (nSPS) is 11.9. The van der Waals surface area contributed by atoms with E-state index in [-0.39, 0.29) is 36.1 Å².